The zero-order valence-corrected chi connectivity index (χ0v) is 22.8. The van der Waals surface area contributed by atoms with Crippen molar-refractivity contribution in [1.29, 1.82) is 0 Å². The van der Waals surface area contributed by atoms with Crippen LogP contribution < -0.4 is 16.0 Å². The summed E-state index contributed by atoms with van der Waals surface area (Å²) in [5, 5.41) is 20.4. The maximum Gasteiger partial charge on any atom is 0.238 e. The summed E-state index contributed by atoms with van der Waals surface area (Å²) < 4.78 is 14.7. The van der Waals surface area contributed by atoms with Gasteiger partial charge in [-0.3, -0.25) is 9.59 Å². The largest absolute Gasteiger partial charge is 0.390 e. The van der Waals surface area contributed by atoms with Gasteiger partial charge in [0, 0.05) is 33.7 Å². The van der Waals surface area contributed by atoms with Gasteiger partial charge in [0.2, 0.25) is 11.8 Å². The highest BCUT2D eigenvalue weighted by Gasteiger charge is 2.66. The molecule has 4 N–H and O–H groups in total. The molecule has 1 aliphatic carbocycles. The van der Waals surface area contributed by atoms with E-state index in [1.807, 2.05) is 6.07 Å². The van der Waals surface area contributed by atoms with Crippen molar-refractivity contribution in [3.63, 3.8) is 0 Å². The number of anilines is 1. The van der Waals surface area contributed by atoms with Crippen LogP contribution in [0.4, 0.5) is 10.1 Å². The number of carbonyl (C=O) groups excluding carboxylic acids is 2. The van der Waals surface area contributed by atoms with E-state index in [-0.39, 0.29) is 28.3 Å². The lowest BCUT2D eigenvalue weighted by Gasteiger charge is -2.42. The van der Waals surface area contributed by atoms with Crippen molar-refractivity contribution in [3.05, 3.63) is 63.4 Å². The van der Waals surface area contributed by atoms with Crippen LogP contribution in [0.5, 0.6) is 0 Å². The highest BCUT2D eigenvalue weighted by molar-refractivity contribution is 6.31. The Morgan fingerprint density at radius 1 is 1.16 bits per heavy atom. The number of hydrogen-bond acceptors (Lipinski definition) is 4. The van der Waals surface area contributed by atoms with Crippen LogP contribution in [0.2, 0.25) is 10.0 Å². The Labute approximate surface area is 226 Å². The molecule has 1 spiro atoms. The minimum absolute atomic E-state index is 0.179. The number of rotatable bonds is 4. The SMILES string of the molecule is CC(C)(C)C[C@H]1N[C@@H](C(=O)NC2CC(C)(O)C2)[C@H](c2cc(F)cc(Cl)c2)[C@@]12C(=O)Nc1cc(Cl)ccc12. The molecule has 2 amide bonds. The second kappa shape index (κ2) is 8.94. The number of carbonyl (C=O) groups is 2. The van der Waals surface area contributed by atoms with Crippen molar-refractivity contribution in [3.8, 4) is 0 Å². The first-order valence-electron chi connectivity index (χ1n) is 12.6. The molecule has 0 aromatic heterocycles. The molecule has 2 fully saturated rings. The van der Waals surface area contributed by atoms with E-state index in [0.717, 1.165) is 5.56 Å². The van der Waals surface area contributed by atoms with Crippen LogP contribution in [-0.2, 0) is 15.0 Å². The Kier molecular flexibility index (Phi) is 6.38. The van der Waals surface area contributed by atoms with Crippen LogP contribution >= 0.6 is 23.2 Å². The summed E-state index contributed by atoms with van der Waals surface area (Å²) in [6, 6.07) is 7.99. The lowest BCUT2D eigenvalue weighted by atomic mass is 9.62. The van der Waals surface area contributed by atoms with Gasteiger partial charge >= 0.3 is 0 Å². The molecule has 4 atom stereocenters. The van der Waals surface area contributed by atoms with Gasteiger partial charge in [0.15, 0.2) is 0 Å². The van der Waals surface area contributed by atoms with Crippen LogP contribution in [0.15, 0.2) is 36.4 Å². The summed E-state index contributed by atoms with van der Waals surface area (Å²) in [6.45, 7) is 7.97. The molecule has 198 valence electrons. The Balaban J connectivity index is 1.68. The summed E-state index contributed by atoms with van der Waals surface area (Å²) >= 11 is 12.6. The first-order valence-corrected chi connectivity index (χ1v) is 13.3. The van der Waals surface area contributed by atoms with Crippen molar-refractivity contribution in [2.45, 2.75) is 82.0 Å². The number of aliphatic hydroxyl groups is 1. The van der Waals surface area contributed by atoms with Gasteiger partial charge in [-0.05, 0) is 73.1 Å². The normalized spacial score (nSPS) is 32.7. The molecule has 2 aromatic rings. The van der Waals surface area contributed by atoms with Gasteiger partial charge in [0.25, 0.3) is 0 Å². The van der Waals surface area contributed by atoms with E-state index in [1.54, 1.807) is 25.1 Å². The fourth-order valence-electron chi connectivity index (χ4n) is 6.57. The second-order valence-corrected chi connectivity index (χ2v) is 13.1. The van der Waals surface area contributed by atoms with Gasteiger partial charge in [-0.1, -0.05) is 50.0 Å². The molecule has 0 unspecified atom stereocenters. The summed E-state index contributed by atoms with van der Waals surface area (Å²) in [5.74, 6) is -1.85. The number of fused-ring (bicyclic) bond motifs is 2. The Morgan fingerprint density at radius 2 is 1.86 bits per heavy atom. The van der Waals surface area contributed by atoms with E-state index >= 15 is 0 Å². The predicted molar refractivity (Wildman–Crippen MR) is 142 cm³/mol. The average Bonchev–Trinajstić information content (AvgIpc) is 3.20. The minimum Gasteiger partial charge on any atom is -0.390 e. The number of nitrogens with one attached hydrogen (secondary N) is 3. The molecule has 6 nitrogen and oxygen atoms in total. The van der Waals surface area contributed by atoms with Gasteiger partial charge in [-0.25, -0.2) is 4.39 Å². The molecular weight excluding hydrogens is 516 g/mol. The highest BCUT2D eigenvalue weighted by Crippen LogP contribution is 2.57. The quantitative estimate of drug-likeness (QED) is 0.437. The Bertz CT molecular complexity index is 1250. The number of amides is 2. The van der Waals surface area contributed by atoms with Gasteiger partial charge in [0.05, 0.1) is 11.6 Å². The van der Waals surface area contributed by atoms with Gasteiger partial charge < -0.3 is 21.1 Å². The lowest BCUT2D eigenvalue weighted by molar-refractivity contribution is -0.127. The molecule has 2 aliphatic heterocycles. The van der Waals surface area contributed by atoms with E-state index < -0.39 is 34.8 Å². The fraction of sp³-hybridized carbons (Fsp3) is 0.500. The predicted octanol–water partition coefficient (Wildman–Crippen LogP) is 4.91. The number of halogens is 3. The van der Waals surface area contributed by atoms with E-state index in [2.05, 4.69) is 36.7 Å². The molecule has 1 saturated heterocycles. The zero-order chi connectivity index (χ0) is 26.9. The molecule has 2 heterocycles. The van der Waals surface area contributed by atoms with E-state index in [9.17, 15) is 19.1 Å². The molecule has 9 heteroatoms. The topological polar surface area (TPSA) is 90.5 Å². The number of benzene rings is 2. The van der Waals surface area contributed by atoms with Crippen LogP contribution in [0.3, 0.4) is 0 Å². The third-order valence-corrected chi connectivity index (χ3v) is 8.32. The average molecular weight is 548 g/mol. The standard InChI is InChI=1S/C28H32Cl2FN3O3/c1-26(2,3)13-21-28(19-6-5-15(29)10-20(19)33-25(28)36)22(14-7-16(30)9-17(31)8-14)23(34-21)24(35)32-18-11-27(4,37)12-18/h5-10,18,21-23,34,37H,11-13H2,1-4H3,(H,32,35)(H,33,36)/t18?,21-,22+,23-,27?,28+/m1/s1. The molecule has 3 aliphatic rings. The second-order valence-electron chi connectivity index (χ2n) is 12.3. The van der Waals surface area contributed by atoms with Crippen LogP contribution in [-0.4, -0.2) is 40.6 Å². The first kappa shape index (κ1) is 26.4. The molecular formula is C28H32Cl2FN3O3. The molecule has 0 bridgehead atoms. The van der Waals surface area contributed by atoms with Crippen LogP contribution in [0, 0.1) is 11.2 Å². The van der Waals surface area contributed by atoms with Gasteiger partial charge in [0.1, 0.15) is 11.2 Å². The van der Waals surface area contributed by atoms with Gasteiger partial charge in [-0.2, -0.15) is 0 Å². The van der Waals surface area contributed by atoms with Crippen molar-refractivity contribution in [2.75, 3.05) is 5.32 Å². The Hall–Kier alpha value is -2.19. The van der Waals surface area contributed by atoms with Crippen LogP contribution in [0.25, 0.3) is 0 Å². The summed E-state index contributed by atoms with van der Waals surface area (Å²) in [6.07, 6.45) is 1.46. The molecule has 37 heavy (non-hydrogen) atoms. The third-order valence-electron chi connectivity index (χ3n) is 7.87. The molecule has 2 aromatic carbocycles. The fourth-order valence-corrected chi connectivity index (χ4v) is 6.97. The van der Waals surface area contributed by atoms with Gasteiger partial charge in [-0.15, -0.1) is 0 Å². The molecule has 0 radical (unpaired) electrons. The summed E-state index contributed by atoms with van der Waals surface area (Å²) in [5.41, 5.74) is -0.444. The molecule has 1 saturated carbocycles. The summed E-state index contributed by atoms with van der Waals surface area (Å²) in [4.78, 5) is 27.9. The zero-order valence-electron chi connectivity index (χ0n) is 21.3. The van der Waals surface area contributed by atoms with Crippen molar-refractivity contribution in [2.24, 2.45) is 5.41 Å². The highest BCUT2D eigenvalue weighted by atomic mass is 35.5. The maximum absolute atomic E-state index is 14.7. The lowest BCUT2D eigenvalue weighted by Crippen LogP contribution is -2.57. The van der Waals surface area contributed by atoms with Crippen molar-refractivity contribution >= 4 is 40.7 Å². The maximum atomic E-state index is 14.7. The monoisotopic (exact) mass is 547 g/mol. The van der Waals surface area contributed by atoms with E-state index in [0.29, 0.717) is 35.5 Å². The first-order chi connectivity index (χ1) is 17.2. The van der Waals surface area contributed by atoms with E-state index in [4.69, 9.17) is 23.2 Å². The smallest absolute Gasteiger partial charge is 0.238 e. The number of hydrogen-bond donors (Lipinski definition) is 4. The third kappa shape index (κ3) is 4.65. The van der Waals surface area contributed by atoms with Crippen molar-refractivity contribution < 1.29 is 19.1 Å². The summed E-state index contributed by atoms with van der Waals surface area (Å²) in [7, 11) is 0. The molecule has 5 rings (SSSR count). The van der Waals surface area contributed by atoms with E-state index in [1.165, 1.54) is 12.1 Å². The van der Waals surface area contributed by atoms with Crippen LogP contribution in [0.1, 0.15) is 64.0 Å². The Morgan fingerprint density at radius 3 is 2.49 bits per heavy atom. The van der Waals surface area contributed by atoms with Crippen molar-refractivity contribution in [1.82, 2.24) is 10.6 Å². The minimum atomic E-state index is -1.21.